The van der Waals surface area contributed by atoms with Gasteiger partial charge in [-0.15, -0.1) is 0 Å². The van der Waals surface area contributed by atoms with E-state index in [1.807, 2.05) is 0 Å². The molecule has 8 heteroatoms. The van der Waals surface area contributed by atoms with Crippen molar-refractivity contribution in [3.8, 4) is 0 Å². The first-order chi connectivity index (χ1) is 10.4. The lowest BCUT2D eigenvalue weighted by Gasteiger charge is -2.40. The fourth-order valence-electron chi connectivity index (χ4n) is 2.21. The zero-order valence-electron chi connectivity index (χ0n) is 11.6. The van der Waals surface area contributed by atoms with Crippen LogP contribution in [0.15, 0.2) is 30.3 Å². The molecule has 1 fully saturated rings. The second-order valence-electron chi connectivity index (χ2n) is 5.11. The van der Waals surface area contributed by atoms with Crippen LogP contribution in [0.3, 0.4) is 0 Å². The molecule has 0 aliphatic carbocycles. The molecule has 0 bridgehead atoms. The second kappa shape index (κ2) is 7.14. The molecular formula is C14H19NO7. The Hall–Kier alpha value is -1.55. The number of carbonyl (C=O) groups is 1. The Kier molecular flexibility index (Phi) is 5.46. The smallest absolute Gasteiger partial charge is 0.251 e. The van der Waals surface area contributed by atoms with E-state index in [4.69, 9.17) is 4.74 Å². The summed E-state index contributed by atoms with van der Waals surface area (Å²) in [5, 5.41) is 50.5. The van der Waals surface area contributed by atoms with Crippen molar-refractivity contribution >= 4 is 5.91 Å². The van der Waals surface area contributed by atoms with Gasteiger partial charge in [0, 0.05) is 12.1 Å². The van der Waals surface area contributed by atoms with Crippen LogP contribution < -0.4 is 5.32 Å². The van der Waals surface area contributed by atoms with Gasteiger partial charge in [-0.1, -0.05) is 18.2 Å². The SMILES string of the molecule is O=C(NC[C@H](O)[C@H]1O[C@H](O)[C@@H](O)[C@@H](O)[C@@H]1O)c1ccccc1. The molecule has 6 N–H and O–H groups in total. The highest BCUT2D eigenvalue weighted by molar-refractivity contribution is 5.94. The maximum Gasteiger partial charge on any atom is 0.251 e. The largest absolute Gasteiger partial charge is 0.388 e. The number of aliphatic hydroxyl groups excluding tert-OH is 5. The van der Waals surface area contributed by atoms with Crippen LogP contribution >= 0.6 is 0 Å². The van der Waals surface area contributed by atoms with Gasteiger partial charge >= 0.3 is 0 Å². The van der Waals surface area contributed by atoms with Crippen LogP contribution in [0.4, 0.5) is 0 Å². The van der Waals surface area contributed by atoms with Crippen LogP contribution in [0, 0.1) is 0 Å². The lowest BCUT2D eigenvalue weighted by Crippen LogP contribution is -2.61. The number of amides is 1. The van der Waals surface area contributed by atoms with Crippen molar-refractivity contribution in [1.82, 2.24) is 5.32 Å². The third-order valence-corrected chi connectivity index (χ3v) is 3.51. The van der Waals surface area contributed by atoms with E-state index in [2.05, 4.69) is 5.32 Å². The summed E-state index contributed by atoms with van der Waals surface area (Å²) in [4.78, 5) is 11.8. The minimum Gasteiger partial charge on any atom is -0.388 e. The molecule has 1 aromatic rings. The predicted octanol–water partition coefficient (Wildman–Crippen LogP) is -2.42. The Labute approximate surface area is 126 Å². The molecule has 1 heterocycles. The molecule has 22 heavy (non-hydrogen) atoms. The molecule has 1 amide bonds. The summed E-state index contributed by atoms with van der Waals surface area (Å²) in [7, 11) is 0. The van der Waals surface area contributed by atoms with Gasteiger partial charge in [0.1, 0.15) is 30.5 Å². The van der Waals surface area contributed by atoms with E-state index in [1.165, 1.54) is 0 Å². The van der Waals surface area contributed by atoms with Crippen molar-refractivity contribution in [2.45, 2.75) is 36.8 Å². The highest BCUT2D eigenvalue weighted by atomic mass is 16.6. The van der Waals surface area contributed by atoms with Gasteiger partial charge in [0.25, 0.3) is 5.91 Å². The average Bonchev–Trinajstić information content (AvgIpc) is 2.54. The first-order valence-electron chi connectivity index (χ1n) is 6.81. The molecule has 2 rings (SSSR count). The number of hydrogen-bond acceptors (Lipinski definition) is 7. The summed E-state index contributed by atoms with van der Waals surface area (Å²) in [5.74, 6) is -0.425. The van der Waals surface area contributed by atoms with E-state index in [1.54, 1.807) is 30.3 Å². The summed E-state index contributed by atoms with van der Waals surface area (Å²) in [6.07, 6.45) is -9.38. The molecule has 1 aliphatic heterocycles. The van der Waals surface area contributed by atoms with Crippen molar-refractivity contribution in [1.29, 1.82) is 0 Å². The van der Waals surface area contributed by atoms with Crippen LogP contribution in [0.1, 0.15) is 10.4 Å². The number of aliphatic hydroxyl groups is 5. The molecule has 1 aliphatic rings. The van der Waals surface area contributed by atoms with Crippen molar-refractivity contribution in [3.05, 3.63) is 35.9 Å². The van der Waals surface area contributed by atoms with Crippen molar-refractivity contribution in [2.24, 2.45) is 0 Å². The summed E-state index contributed by atoms with van der Waals surface area (Å²) in [6, 6.07) is 8.32. The maximum absolute atomic E-state index is 11.8. The zero-order valence-corrected chi connectivity index (χ0v) is 11.6. The maximum atomic E-state index is 11.8. The van der Waals surface area contributed by atoms with Gasteiger partial charge in [-0.3, -0.25) is 4.79 Å². The van der Waals surface area contributed by atoms with Crippen LogP contribution in [-0.4, -0.2) is 74.8 Å². The molecule has 0 spiro atoms. The summed E-state index contributed by atoms with van der Waals surface area (Å²) >= 11 is 0. The summed E-state index contributed by atoms with van der Waals surface area (Å²) in [6.45, 7) is -0.259. The fourth-order valence-corrected chi connectivity index (χ4v) is 2.21. The van der Waals surface area contributed by atoms with Crippen molar-refractivity contribution in [3.63, 3.8) is 0 Å². The van der Waals surface area contributed by atoms with E-state index in [-0.39, 0.29) is 6.54 Å². The molecule has 8 nitrogen and oxygen atoms in total. The number of nitrogens with one attached hydrogen (secondary N) is 1. The van der Waals surface area contributed by atoms with Crippen molar-refractivity contribution in [2.75, 3.05) is 6.54 Å². The normalized spacial score (nSPS) is 33.2. The third-order valence-electron chi connectivity index (χ3n) is 3.51. The van der Waals surface area contributed by atoms with Gasteiger partial charge < -0.3 is 35.6 Å². The quantitative estimate of drug-likeness (QED) is 0.363. The number of hydrogen-bond donors (Lipinski definition) is 6. The minimum absolute atomic E-state index is 0.259. The van der Waals surface area contributed by atoms with Gasteiger partial charge in [0.15, 0.2) is 6.29 Å². The van der Waals surface area contributed by atoms with E-state index in [9.17, 15) is 30.3 Å². The summed E-state index contributed by atoms with van der Waals surface area (Å²) in [5.41, 5.74) is 0.398. The fraction of sp³-hybridized carbons (Fsp3) is 0.500. The molecule has 0 radical (unpaired) electrons. The lowest BCUT2D eigenvalue weighted by atomic mass is 9.95. The van der Waals surface area contributed by atoms with Gasteiger partial charge in [0.05, 0.1) is 0 Å². The minimum atomic E-state index is -1.73. The number of ether oxygens (including phenoxy) is 1. The van der Waals surface area contributed by atoms with Gasteiger partial charge in [0.2, 0.25) is 0 Å². The topological polar surface area (TPSA) is 139 Å². The van der Waals surface area contributed by atoms with Gasteiger partial charge in [-0.05, 0) is 12.1 Å². The zero-order chi connectivity index (χ0) is 16.3. The third kappa shape index (κ3) is 3.61. The Morgan fingerprint density at radius 3 is 2.36 bits per heavy atom. The number of carbonyl (C=O) groups excluding carboxylic acids is 1. The monoisotopic (exact) mass is 313 g/mol. The molecule has 0 unspecified atom stereocenters. The van der Waals surface area contributed by atoms with Crippen LogP contribution in [0.5, 0.6) is 0 Å². The molecule has 1 aromatic carbocycles. The lowest BCUT2D eigenvalue weighted by molar-refractivity contribution is -0.296. The number of benzene rings is 1. The van der Waals surface area contributed by atoms with Crippen molar-refractivity contribution < 1.29 is 35.1 Å². The number of rotatable bonds is 4. The van der Waals surface area contributed by atoms with Gasteiger partial charge in [-0.25, -0.2) is 0 Å². The Morgan fingerprint density at radius 1 is 1.09 bits per heavy atom. The highest BCUT2D eigenvalue weighted by Crippen LogP contribution is 2.22. The van der Waals surface area contributed by atoms with E-state index in [0.29, 0.717) is 5.56 Å². The standard InChI is InChI=1S/C14H19NO7/c16-8(6-15-13(20)7-4-2-1-3-5-7)12-10(18)9(17)11(19)14(21)22-12/h1-5,8-12,14,16-19,21H,6H2,(H,15,20)/t8-,9-,10-,11-,12+,14-/m0/s1. The Balaban J connectivity index is 1.92. The predicted molar refractivity (Wildman–Crippen MR) is 73.7 cm³/mol. The van der Waals surface area contributed by atoms with Crippen LogP contribution in [0.25, 0.3) is 0 Å². The Morgan fingerprint density at radius 2 is 1.73 bits per heavy atom. The van der Waals surface area contributed by atoms with E-state index < -0.39 is 42.7 Å². The van der Waals surface area contributed by atoms with Crippen LogP contribution in [-0.2, 0) is 4.74 Å². The first-order valence-corrected chi connectivity index (χ1v) is 6.81. The summed E-state index contributed by atoms with van der Waals surface area (Å²) < 4.78 is 4.88. The van der Waals surface area contributed by atoms with Crippen LogP contribution in [0.2, 0.25) is 0 Å². The molecule has 0 saturated carbocycles. The van der Waals surface area contributed by atoms with E-state index >= 15 is 0 Å². The molecule has 6 atom stereocenters. The highest BCUT2D eigenvalue weighted by Gasteiger charge is 2.45. The first kappa shape index (κ1) is 16.8. The molecular weight excluding hydrogens is 294 g/mol. The second-order valence-corrected chi connectivity index (χ2v) is 5.11. The average molecular weight is 313 g/mol. The Bertz CT molecular complexity index is 497. The van der Waals surface area contributed by atoms with Gasteiger partial charge in [-0.2, -0.15) is 0 Å². The molecule has 122 valence electrons. The molecule has 1 saturated heterocycles. The molecule has 0 aromatic heterocycles. The van der Waals surface area contributed by atoms with E-state index in [0.717, 1.165) is 0 Å².